The van der Waals surface area contributed by atoms with Crippen LogP contribution in [0.5, 0.6) is 0 Å². The number of carbonyl (C=O) groups is 1. The molecular formula is C22H27NO2Se. The molecule has 0 aliphatic carbocycles. The number of rotatable bonds is 4. The molecule has 1 heterocycles. The van der Waals surface area contributed by atoms with E-state index in [4.69, 9.17) is 4.74 Å². The van der Waals surface area contributed by atoms with Crippen molar-refractivity contribution in [1.29, 1.82) is 0 Å². The van der Waals surface area contributed by atoms with Crippen LogP contribution in [0.3, 0.4) is 0 Å². The quantitative estimate of drug-likeness (QED) is 0.683. The molecule has 2 aromatic carbocycles. The Kier molecular flexibility index (Phi) is 6.05. The number of carbonyl (C=O) groups excluding carboxylic acids is 1. The van der Waals surface area contributed by atoms with E-state index in [1.165, 1.54) is 10.0 Å². The third-order valence-electron chi connectivity index (χ3n) is 4.48. The van der Waals surface area contributed by atoms with Gasteiger partial charge in [0.1, 0.15) is 0 Å². The van der Waals surface area contributed by atoms with E-state index in [0.717, 1.165) is 18.2 Å². The van der Waals surface area contributed by atoms with Crippen LogP contribution >= 0.6 is 0 Å². The standard InChI is InChI=1S/C22H27NO2Se/c1-22(2,3)25-21(24)23-18(16-26-19-12-8-5-9-13-19)14-15-20(23)17-10-6-4-7-11-17/h4-13,18,20H,14-16H2,1-3H3/t18-,20-/m0/s1. The Hall–Kier alpha value is -1.77. The van der Waals surface area contributed by atoms with Crippen LogP contribution in [0, 0.1) is 0 Å². The van der Waals surface area contributed by atoms with Crippen LogP contribution < -0.4 is 4.46 Å². The SMILES string of the molecule is CC(C)(C)OC(=O)N1[C@H](C[Se]c2ccccc2)CC[C@H]1c1ccccc1. The second-order valence-corrected chi connectivity index (χ2v) is 9.96. The van der Waals surface area contributed by atoms with Crippen molar-refractivity contribution in [3.05, 3.63) is 66.2 Å². The monoisotopic (exact) mass is 417 g/mol. The van der Waals surface area contributed by atoms with Crippen molar-refractivity contribution in [3.8, 4) is 0 Å². The predicted octanol–water partition coefficient (Wildman–Crippen LogP) is 4.58. The summed E-state index contributed by atoms with van der Waals surface area (Å²) in [5.74, 6) is 0. The molecule has 0 radical (unpaired) electrons. The van der Waals surface area contributed by atoms with Gasteiger partial charge in [0.05, 0.1) is 0 Å². The van der Waals surface area contributed by atoms with Crippen LogP contribution in [0.4, 0.5) is 4.79 Å². The summed E-state index contributed by atoms with van der Waals surface area (Å²) < 4.78 is 7.13. The predicted molar refractivity (Wildman–Crippen MR) is 107 cm³/mol. The molecule has 0 bridgehead atoms. The number of amides is 1. The summed E-state index contributed by atoms with van der Waals surface area (Å²) in [6.45, 7) is 5.80. The summed E-state index contributed by atoms with van der Waals surface area (Å²) in [7, 11) is 0. The van der Waals surface area contributed by atoms with Gasteiger partial charge >= 0.3 is 163 Å². The maximum absolute atomic E-state index is 13.0. The third kappa shape index (κ3) is 4.90. The fourth-order valence-electron chi connectivity index (χ4n) is 3.35. The average Bonchev–Trinajstić information content (AvgIpc) is 3.04. The molecule has 1 aliphatic heterocycles. The van der Waals surface area contributed by atoms with Gasteiger partial charge in [-0.3, -0.25) is 0 Å². The van der Waals surface area contributed by atoms with Gasteiger partial charge in [-0.15, -0.1) is 0 Å². The molecule has 1 aliphatic rings. The van der Waals surface area contributed by atoms with Gasteiger partial charge in [-0.05, 0) is 0 Å². The Bertz CT molecular complexity index is 712. The van der Waals surface area contributed by atoms with Crippen molar-refractivity contribution in [3.63, 3.8) is 0 Å². The zero-order chi connectivity index (χ0) is 18.6. The molecule has 138 valence electrons. The molecule has 3 nitrogen and oxygen atoms in total. The summed E-state index contributed by atoms with van der Waals surface area (Å²) in [5, 5.41) is 1.03. The Labute approximate surface area is 162 Å². The first-order valence-corrected chi connectivity index (χ1v) is 11.2. The van der Waals surface area contributed by atoms with Crippen LogP contribution in [0.15, 0.2) is 60.7 Å². The summed E-state index contributed by atoms with van der Waals surface area (Å²) in [5.41, 5.74) is 0.726. The number of likely N-dealkylation sites (tertiary alicyclic amines) is 1. The third-order valence-corrected chi connectivity index (χ3v) is 6.90. The van der Waals surface area contributed by atoms with E-state index in [2.05, 4.69) is 36.4 Å². The number of hydrogen-bond acceptors (Lipinski definition) is 2. The van der Waals surface area contributed by atoms with Crippen LogP contribution in [0.25, 0.3) is 0 Å². The summed E-state index contributed by atoms with van der Waals surface area (Å²) >= 11 is 0.359. The van der Waals surface area contributed by atoms with E-state index in [0.29, 0.717) is 15.0 Å². The van der Waals surface area contributed by atoms with E-state index >= 15 is 0 Å². The first-order valence-electron chi connectivity index (χ1n) is 9.18. The number of nitrogens with zero attached hydrogens (tertiary/aromatic N) is 1. The fourth-order valence-corrected chi connectivity index (χ4v) is 5.58. The molecule has 26 heavy (non-hydrogen) atoms. The van der Waals surface area contributed by atoms with E-state index in [-0.39, 0.29) is 18.2 Å². The van der Waals surface area contributed by atoms with Crippen molar-refractivity contribution in [1.82, 2.24) is 4.90 Å². The van der Waals surface area contributed by atoms with Gasteiger partial charge in [-0.1, -0.05) is 0 Å². The Balaban J connectivity index is 1.77. The topological polar surface area (TPSA) is 29.5 Å². The maximum atomic E-state index is 13.0. The zero-order valence-corrected chi connectivity index (χ0v) is 17.4. The molecular weight excluding hydrogens is 389 g/mol. The molecule has 2 aromatic rings. The Morgan fingerprint density at radius 2 is 1.65 bits per heavy atom. The summed E-state index contributed by atoms with van der Waals surface area (Å²) in [6, 6.07) is 21.3. The van der Waals surface area contributed by atoms with Gasteiger partial charge in [0.2, 0.25) is 0 Å². The second-order valence-electron chi connectivity index (χ2n) is 7.67. The van der Waals surface area contributed by atoms with Gasteiger partial charge in [0.25, 0.3) is 0 Å². The minimum absolute atomic E-state index is 0.114. The molecule has 4 heteroatoms. The molecule has 0 N–H and O–H groups in total. The van der Waals surface area contributed by atoms with Crippen LogP contribution in [-0.2, 0) is 4.74 Å². The molecule has 0 aromatic heterocycles. The number of hydrogen-bond donors (Lipinski definition) is 0. The van der Waals surface area contributed by atoms with Crippen molar-refractivity contribution >= 4 is 25.5 Å². The van der Waals surface area contributed by atoms with Crippen LogP contribution in [-0.4, -0.2) is 37.6 Å². The van der Waals surface area contributed by atoms with Crippen LogP contribution in [0.1, 0.15) is 45.2 Å². The zero-order valence-electron chi connectivity index (χ0n) is 15.7. The van der Waals surface area contributed by atoms with Gasteiger partial charge in [0, 0.05) is 0 Å². The average molecular weight is 416 g/mol. The van der Waals surface area contributed by atoms with Gasteiger partial charge < -0.3 is 0 Å². The molecule has 2 atom stereocenters. The number of ether oxygens (including phenoxy) is 1. The fraction of sp³-hybridized carbons (Fsp3) is 0.409. The van der Waals surface area contributed by atoms with Crippen molar-refractivity contribution in [2.75, 3.05) is 0 Å². The second kappa shape index (κ2) is 8.28. The van der Waals surface area contributed by atoms with Crippen molar-refractivity contribution in [2.24, 2.45) is 0 Å². The van der Waals surface area contributed by atoms with Crippen LogP contribution in [0.2, 0.25) is 5.32 Å². The molecule has 0 unspecified atom stereocenters. The van der Waals surface area contributed by atoms with E-state index in [1.54, 1.807) is 0 Å². The van der Waals surface area contributed by atoms with Gasteiger partial charge in [-0.25, -0.2) is 0 Å². The van der Waals surface area contributed by atoms with E-state index < -0.39 is 5.60 Å². The first-order chi connectivity index (χ1) is 12.4. The Morgan fingerprint density at radius 3 is 2.27 bits per heavy atom. The van der Waals surface area contributed by atoms with E-state index in [1.807, 2.05) is 49.9 Å². The molecule has 1 saturated heterocycles. The number of benzene rings is 2. The molecule has 0 spiro atoms. The van der Waals surface area contributed by atoms with Crippen molar-refractivity contribution < 1.29 is 9.53 Å². The van der Waals surface area contributed by atoms with Gasteiger partial charge in [0.15, 0.2) is 0 Å². The summed E-state index contributed by atoms with van der Waals surface area (Å²) in [6.07, 6.45) is 1.85. The van der Waals surface area contributed by atoms with Gasteiger partial charge in [-0.2, -0.15) is 0 Å². The molecule has 0 saturated carbocycles. The normalized spacial score (nSPS) is 20.2. The Morgan fingerprint density at radius 1 is 1.04 bits per heavy atom. The summed E-state index contributed by atoms with van der Waals surface area (Å²) in [4.78, 5) is 15.0. The van der Waals surface area contributed by atoms with E-state index in [9.17, 15) is 4.79 Å². The molecule has 3 rings (SSSR count). The molecule has 1 amide bonds. The minimum atomic E-state index is -0.476. The first kappa shape index (κ1) is 19.0. The molecule has 1 fully saturated rings. The van der Waals surface area contributed by atoms with Crippen molar-refractivity contribution in [2.45, 2.75) is 56.6 Å².